The molecule has 1 unspecified atom stereocenters. The van der Waals surface area contributed by atoms with E-state index < -0.39 is 11.9 Å². The molecule has 1 atom stereocenters. The number of rotatable bonds is 3. The third kappa shape index (κ3) is 1.74. The van der Waals surface area contributed by atoms with Gasteiger partial charge in [0.25, 0.3) is 0 Å². The van der Waals surface area contributed by atoms with Crippen molar-refractivity contribution in [2.24, 2.45) is 0 Å². The van der Waals surface area contributed by atoms with Crippen LogP contribution in [0.25, 0.3) is 5.52 Å². The molecule has 0 bridgehead atoms. The minimum Gasteiger partial charge on any atom is -0.476 e. The fourth-order valence-corrected chi connectivity index (χ4v) is 1.80. The van der Waals surface area contributed by atoms with Crippen molar-refractivity contribution < 1.29 is 9.90 Å². The normalized spacial score (nSPS) is 12.2. The van der Waals surface area contributed by atoms with Crippen molar-refractivity contribution in [2.75, 3.05) is 0 Å². The fourth-order valence-electron chi connectivity index (χ4n) is 1.80. The Kier molecular flexibility index (Phi) is 2.79. The Balaban J connectivity index is 2.73. The molecule has 2 aromatic heterocycles. The van der Waals surface area contributed by atoms with Crippen molar-refractivity contribution in [3.05, 3.63) is 35.9 Å². The van der Waals surface area contributed by atoms with Crippen LogP contribution in [0.3, 0.4) is 0 Å². The molecular weight excluding hydrogens is 218 g/mol. The van der Waals surface area contributed by atoms with Crippen LogP contribution >= 0.6 is 0 Å². The Labute approximate surface area is 97.9 Å². The van der Waals surface area contributed by atoms with E-state index in [4.69, 9.17) is 10.4 Å². The monoisotopic (exact) mass is 229 g/mol. The molecule has 1 N–H and O–H groups in total. The minimum atomic E-state index is -1.08. The zero-order chi connectivity index (χ0) is 12.4. The van der Waals surface area contributed by atoms with Gasteiger partial charge in [0.15, 0.2) is 5.69 Å². The van der Waals surface area contributed by atoms with E-state index in [1.807, 2.05) is 6.92 Å². The van der Waals surface area contributed by atoms with Crippen LogP contribution in [-0.2, 0) is 0 Å². The van der Waals surface area contributed by atoms with Gasteiger partial charge in [-0.05, 0) is 18.6 Å². The van der Waals surface area contributed by atoms with Gasteiger partial charge in [-0.25, -0.2) is 9.78 Å². The lowest BCUT2D eigenvalue weighted by atomic mass is 10.1. The van der Waals surface area contributed by atoms with Gasteiger partial charge < -0.3 is 9.51 Å². The van der Waals surface area contributed by atoms with E-state index in [0.717, 1.165) is 0 Å². The summed E-state index contributed by atoms with van der Waals surface area (Å²) in [7, 11) is 0. The lowest BCUT2D eigenvalue weighted by molar-refractivity contribution is 0.0693. The van der Waals surface area contributed by atoms with E-state index in [2.05, 4.69) is 11.1 Å². The van der Waals surface area contributed by atoms with E-state index >= 15 is 0 Å². The molecule has 5 heteroatoms. The number of nitrogens with zero attached hydrogens (tertiary/aromatic N) is 3. The Morgan fingerprint density at radius 2 is 2.41 bits per heavy atom. The number of pyridine rings is 1. The zero-order valence-electron chi connectivity index (χ0n) is 9.29. The molecule has 17 heavy (non-hydrogen) atoms. The van der Waals surface area contributed by atoms with Crippen molar-refractivity contribution in [3.63, 3.8) is 0 Å². The topological polar surface area (TPSA) is 78.4 Å². The van der Waals surface area contributed by atoms with E-state index in [0.29, 0.717) is 17.8 Å². The molecule has 0 aromatic carbocycles. The molecule has 2 aromatic rings. The second kappa shape index (κ2) is 4.26. The maximum Gasteiger partial charge on any atom is 0.356 e. The number of carbonyl (C=O) groups is 1. The van der Waals surface area contributed by atoms with E-state index in [1.165, 1.54) is 0 Å². The summed E-state index contributed by atoms with van der Waals surface area (Å²) < 4.78 is 1.67. The molecular formula is C12H11N3O2. The molecule has 0 saturated heterocycles. The Morgan fingerprint density at radius 3 is 3.00 bits per heavy atom. The van der Waals surface area contributed by atoms with Crippen LogP contribution in [0.5, 0.6) is 0 Å². The van der Waals surface area contributed by atoms with E-state index in [-0.39, 0.29) is 5.69 Å². The highest BCUT2D eigenvalue weighted by Crippen LogP contribution is 2.21. The predicted molar refractivity (Wildman–Crippen MR) is 60.8 cm³/mol. The zero-order valence-corrected chi connectivity index (χ0v) is 9.29. The molecule has 0 spiro atoms. The highest BCUT2D eigenvalue weighted by Gasteiger charge is 2.21. The number of aromatic carboxylic acids is 1. The molecule has 0 radical (unpaired) electrons. The van der Waals surface area contributed by atoms with Crippen LogP contribution in [0.15, 0.2) is 24.4 Å². The maximum absolute atomic E-state index is 11.1. The van der Waals surface area contributed by atoms with Gasteiger partial charge in [-0.3, -0.25) is 0 Å². The van der Waals surface area contributed by atoms with Gasteiger partial charge in [0.05, 0.1) is 11.6 Å². The number of carboxylic acids is 1. The number of imidazole rings is 1. The van der Waals surface area contributed by atoms with Gasteiger partial charge in [0.2, 0.25) is 0 Å². The standard InChI is InChI=1S/C12H11N3O2/c1-2-8(7-13)11-14-10(12(16)17)9-5-3-4-6-15(9)11/h3-6,8H,2H2,1H3,(H,16,17). The first-order chi connectivity index (χ1) is 8.19. The van der Waals surface area contributed by atoms with Crippen molar-refractivity contribution in [2.45, 2.75) is 19.3 Å². The predicted octanol–water partition coefficient (Wildman–Crippen LogP) is 2.05. The second-order valence-electron chi connectivity index (χ2n) is 3.67. The number of hydrogen-bond acceptors (Lipinski definition) is 3. The largest absolute Gasteiger partial charge is 0.476 e. The third-order valence-corrected chi connectivity index (χ3v) is 2.65. The number of nitriles is 1. The summed E-state index contributed by atoms with van der Waals surface area (Å²) in [6, 6.07) is 7.36. The van der Waals surface area contributed by atoms with Crippen LogP contribution in [0.1, 0.15) is 35.6 Å². The van der Waals surface area contributed by atoms with Gasteiger partial charge in [-0.2, -0.15) is 5.26 Å². The Morgan fingerprint density at radius 1 is 1.65 bits per heavy atom. The van der Waals surface area contributed by atoms with Gasteiger partial charge in [-0.15, -0.1) is 0 Å². The van der Waals surface area contributed by atoms with Crippen molar-refractivity contribution in [1.29, 1.82) is 5.26 Å². The average molecular weight is 229 g/mol. The fraction of sp³-hybridized carbons (Fsp3) is 0.250. The van der Waals surface area contributed by atoms with Crippen LogP contribution in [-0.4, -0.2) is 20.5 Å². The smallest absolute Gasteiger partial charge is 0.356 e. The molecule has 0 saturated carbocycles. The molecule has 0 amide bonds. The number of carboxylic acid groups (broad SMARTS) is 1. The summed E-state index contributed by atoms with van der Waals surface area (Å²) >= 11 is 0. The number of fused-ring (bicyclic) bond motifs is 1. The lowest BCUT2D eigenvalue weighted by Gasteiger charge is -2.03. The third-order valence-electron chi connectivity index (χ3n) is 2.65. The molecule has 2 heterocycles. The molecule has 0 aliphatic rings. The first-order valence-corrected chi connectivity index (χ1v) is 5.29. The van der Waals surface area contributed by atoms with Crippen molar-refractivity contribution in [3.8, 4) is 6.07 Å². The summed E-state index contributed by atoms with van der Waals surface area (Å²) in [5.41, 5.74) is 0.512. The average Bonchev–Trinajstić information content (AvgIpc) is 2.71. The number of aromatic nitrogens is 2. The molecule has 0 aliphatic carbocycles. The van der Waals surface area contributed by atoms with Gasteiger partial charge in [0, 0.05) is 6.20 Å². The maximum atomic E-state index is 11.1. The molecule has 5 nitrogen and oxygen atoms in total. The SMILES string of the molecule is CCC(C#N)c1nc(C(=O)O)c2ccccn12. The Hall–Kier alpha value is -2.35. The van der Waals surface area contributed by atoms with Gasteiger partial charge in [0.1, 0.15) is 11.7 Å². The van der Waals surface area contributed by atoms with Crippen molar-refractivity contribution >= 4 is 11.5 Å². The Bertz CT molecular complexity index is 610. The quantitative estimate of drug-likeness (QED) is 0.873. The van der Waals surface area contributed by atoms with Crippen LogP contribution in [0, 0.1) is 11.3 Å². The van der Waals surface area contributed by atoms with E-state index in [1.54, 1.807) is 28.8 Å². The number of hydrogen-bond donors (Lipinski definition) is 1. The summed E-state index contributed by atoms with van der Waals surface area (Å²) in [6.07, 6.45) is 2.33. The minimum absolute atomic E-state index is 0.00528. The highest BCUT2D eigenvalue weighted by molar-refractivity contribution is 5.93. The summed E-state index contributed by atoms with van der Waals surface area (Å²) in [6.45, 7) is 1.87. The highest BCUT2D eigenvalue weighted by atomic mass is 16.4. The molecule has 2 rings (SSSR count). The molecule has 86 valence electrons. The van der Waals surface area contributed by atoms with E-state index in [9.17, 15) is 4.79 Å². The first kappa shape index (κ1) is 11.1. The summed E-state index contributed by atoms with van der Waals surface area (Å²) in [5.74, 6) is -0.978. The van der Waals surface area contributed by atoms with Gasteiger partial charge in [-0.1, -0.05) is 13.0 Å². The molecule has 0 aliphatic heterocycles. The molecule has 0 fully saturated rings. The van der Waals surface area contributed by atoms with Crippen LogP contribution in [0.2, 0.25) is 0 Å². The van der Waals surface area contributed by atoms with Crippen molar-refractivity contribution in [1.82, 2.24) is 9.38 Å². The van der Waals surface area contributed by atoms with Crippen LogP contribution < -0.4 is 0 Å². The second-order valence-corrected chi connectivity index (χ2v) is 3.67. The lowest BCUT2D eigenvalue weighted by Crippen LogP contribution is -2.01. The summed E-state index contributed by atoms with van der Waals surface area (Å²) in [5, 5.41) is 18.1. The van der Waals surface area contributed by atoms with Gasteiger partial charge >= 0.3 is 5.97 Å². The van der Waals surface area contributed by atoms with Crippen LogP contribution in [0.4, 0.5) is 0 Å². The summed E-state index contributed by atoms with van der Waals surface area (Å²) in [4.78, 5) is 15.1. The first-order valence-electron chi connectivity index (χ1n) is 5.29.